The van der Waals surface area contributed by atoms with Crippen molar-refractivity contribution in [1.82, 2.24) is 48.4 Å². The Morgan fingerprint density at radius 1 is 0.780 bits per heavy atom. The van der Waals surface area contributed by atoms with E-state index in [9.17, 15) is 0 Å². The minimum atomic E-state index is -0.241. The molecule has 206 valence electrons. The van der Waals surface area contributed by atoms with Crippen LogP contribution in [0.4, 0.5) is 0 Å². The van der Waals surface area contributed by atoms with Crippen molar-refractivity contribution in [3.63, 3.8) is 0 Å². The van der Waals surface area contributed by atoms with Gasteiger partial charge in [-0.1, -0.05) is 0 Å². The number of benzene rings is 1. The number of rotatable bonds is 11. The van der Waals surface area contributed by atoms with E-state index < -0.39 is 0 Å². The fraction of sp³-hybridized carbons (Fsp3) is 0.241. The van der Waals surface area contributed by atoms with Crippen molar-refractivity contribution in [1.29, 1.82) is 0 Å². The summed E-state index contributed by atoms with van der Waals surface area (Å²) in [6.45, 7) is 1.89. The van der Waals surface area contributed by atoms with E-state index in [0.29, 0.717) is 12.1 Å². The second kappa shape index (κ2) is 10.7. The Morgan fingerprint density at radius 3 is 1.85 bits per heavy atom. The maximum Gasteiger partial charge on any atom is 0.137 e. The zero-order chi connectivity index (χ0) is 27.6. The van der Waals surface area contributed by atoms with Crippen molar-refractivity contribution >= 4 is 12.6 Å². The Balaban J connectivity index is 1.41. The number of nitrogens with zero attached hydrogens (tertiary/aromatic N) is 11. The molecule has 0 saturated heterocycles. The molecule has 1 saturated carbocycles. The molecule has 1 N–H and O–H groups in total. The zero-order valence-electron chi connectivity index (χ0n) is 22.5. The highest BCUT2D eigenvalue weighted by molar-refractivity contribution is 5.63. The quantitative estimate of drug-likeness (QED) is 0.255. The molecule has 0 spiro atoms. The largest absolute Gasteiger partial charge is 0.366 e. The summed E-state index contributed by atoms with van der Waals surface area (Å²) >= 11 is 0. The van der Waals surface area contributed by atoms with E-state index in [-0.39, 0.29) is 18.5 Å². The summed E-state index contributed by atoms with van der Waals surface area (Å²) in [5.74, 6) is 0. The Hall–Kier alpha value is -5.26. The van der Waals surface area contributed by atoms with Crippen LogP contribution in [-0.4, -0.2) is 67.7 Å². The molecule has 1 aromatic carbocycles. The van der Waals surface area contributed by atoms with Crippen LogP contribution >= 0.6 is 0 Å². The SMILES string of the molecule is CC=N/C=C\NC(c1cc(C(N2C=NC3CC32)n2ccnc2)cc(C(n2ccnc2)n2ccnc2)c1)n1ccnc1. The third-order valence-electron chi connectivity index (χ3n) is 7.50. The topological polar surface area (TPSA) is 111 Å². The first-order valence-electron chi connectivity index (χ1n) is 13.5. The van der Waals surface area contributed by atoms with E-state index in [4.69, 9.17) is 4.99 Å². The normalized spacial score (nSPS) is 19.4. The number of fused-ring (bicyclic) bond motifs is 1. The van der Waals surface area contributed by atoms with E-state index in [0.717, 1.165) is 23.1 Å². The van der Waals surface area contributed by atoms with Gasteiger partial charge in [0.05, 0.1) is 43.7 Å². The van der Waals surface area contributed by atoms with Gasteiger partial charge in [0.25, 0.3) is 0 Å². The summed E-state index contributed by atoms with van der Waals surface area (Å²) in [4.78, 5) is 28.8. The molecule has 12 heteroatoms. The number of aromatic nitrogens is 8. The van der Waals surface area contributed by atoms with E-state index in [1.807, 2.05) is 80.3 Å². The first-order chi connectivity index (χ1) is 20.3. The Labute approximate surface area is 237 Å². The van der Waals surface area contributed by atoms with Gasteiger partial charge in [0, 0.05) is 68.2 Å². The number of aliphatic imine (C=N–C) groups is 2. The van der Waals surface area contributed by atoms with Crippen LogP contribution in [0.15, 0.2) is 115 Å². The standard InChI is InChI=1S/C29H30N12/c1-2-30-3-4-35-27(37-9-5-31-17-37)22-13-23(28(38-10-6-32-18-38)39-11-7-33-19-39)15-24(14-22)29(40-12-8-34-20-40)41-21-36-25-16-26(25)41/h2-15,17-21,25-29,35H,16H2,1H3/b4-3-,30-2?. The smallest absolute Gasteiger partial charge is 0.137 e. The van der Waals surface area contributed by atoms with Crippen LogP contribution in [0, 0.1) is 0 Å². The van der Waals surface area contributed by atoms with Gasteiger partial charge >= 0.3 is 0 Å². The molecule has 0 amide bonds. The molecule has 4 atom stereocenters. The first kappa shape index (κ1) is 24.8. The average Bonchev–Trinajstić information content (AvgIpc) is 3.71. The van der Waals surface area contributed by atoms with Crippen molar-refractivity contribution < 1.29 is 0 Å². The molecule has 1 fully saturated rings. The van der Waals surface area contributed by atoms with Gasteiger partial charge in [0.15, 0.2) is 0 Å². The van der Waals surface area contributed by atoms with E-state index in [2.05, 4.69) is 67.0 Å². The highest BCUT2D eigenvalue weighted by Gasteiger charge is 2.48. The lowest BCUT2D eigenvalue weighted by atomic mass is 9.99. The van der Waals surface area contributed by atoms with Gasteiger partial charge in [-0.05, 0) is 48.2 Å². The summed E-state index contributed by atoms with van der Waals surface area (Å²) in [5, 5.41) is 3.53. The average molecular weight is 547 g/mol. The van der Waals surface area contributed by atoms with Gasteiger partial charge in [-0.2, -0.15) is 0 Å². The van der Waals surface area contributed by atoms with Crippen LogP contribution < -0.4 is 5.32 Å². The molecule has 12 nitrogen and oxygen atoms in total. The van der Waals surface area contributed by atoms with Gasteiger partial charge in [-0.3, -0.25) is 9.98 Å². The Morgan fingerprint density at radius 2 is 1.34 bits per heavy atom. The third-order valence-corrected chi connectivity index (χ3v) is 7.50. The maximum atomic E-state index is 4.74. The second-order valence-electron chi connectivity index (χ2n) is 10.1. The van der Waals surface area contributed by atoms with Crippen LogP contribution in [0.1, 0.15) is 48.5 Å². The molecule has 4 aromatic heterocycles. The predicted molar refractivity (Wildman–Crippen MR) is 154 cm³/mol. The summed E-state index contributed by atoms with van der Waals surface area (Å²) in [7, 11) is 0. The molecule has 2 aliphatic rings. The summed E-state index contributed by atoms with van der Waals surface area (Å²) in [5.41, 5.74) is 3.24. The van der Waals surface area contributed by atoms with E-state index in [1.165, 1.54) is 0 Å². The van der Waals surface area contributed by atoms with Crippen molar-refractivity contribution in [3.05, 3.63) is 122 Å². The van der Waals surface area contributed by atoms with Crippen LogP contribution in [0.25, 0.3) is 0 Å². The van der Waals surface area contributed by atoms with Gasteiger partial charge < -0.3 is 28.5 Å². The van der Waals surface area contributed by atoms with E-state index >= 15 is 0 Å². The van der Waals surface area contributed by atoms with Crippen molar-refractivity contribution in [2.45, 2.75) is 43.9 Å². The van der Waals surface area contributed by atoms with Crippen molar-refractivity contribution in [3.8, 4) is 0 Å². The summed E-state index contributed by atoms with van der Waals surface area (Å²) in [6.07, 6.45) is 30.4. The molecule has 0 bridgehead atoms. The number of hydrogen-bond acceptors (Lipinski definition) is 8. The minimum Gasteiger partial charge on any atom is -0.366 e. The number of imidazole rings is 4. The number of hydrogen-bond donors (Lipinski definition) is 1. The van der Waals surface area contributed by atoms with Crippen LogP contribution in [0.5, 0.6) is 0 Å². The van der Waals surface area contributed by atoms with Gasteiger partial charge in [-0.15, -0.1) is 0 Å². The van der Waals surface area contributed by atoms with Gasteiger partial charge in [0.2, 0.25) is 0 Å². The molecule has 4 unspecified atom stereocenters. The first-order valence-corrected chi connectivity index (χ1v) is 13.5. The fourth-order valence-corrected chi connectivity index (χ4v) is 5.58. The molecule has 5 heterocycles. The summed E-state index contributed by atoms with van der Waals surface area (Å²) < 4.78 is 8.36. The highest BCUT2D eigenvalue weighted by Crippen LogP contribution is 2.41. The number of nitrogens with one attached hydrogen (secondary N) is 1. The lowest BCUT2D eigenvalue weighted by Crippen LogP contribution is -2.33. The van der Waals surface area contributed by atoms with Crippen molar-refractivity contribution in [2.24, 2.45) is 9.98 Å². The van der Waals surface area contributed by atoms with E-state index in [1.54, 1.807) is 31.0 Å². The minimum absolute atomic E-state index is 0.118. The Bertz CT molecular complexity index is 1600. The maximum absolute atomic E-state index is 4.74. The molecule has 41 heavy (non-hydrogen) atoms. The molecule has 5 aromatic rings. The Kier molecular flexibility index (Phi) is 6.47. The molecular weight excluding hydrogens is 516 g/mol. The van der Waals surface area contributed by atoms with Crippen molar-refractivity contribution in [2.75, 3.05) is 0 Å². The monoisotopic (exact) mass is 546 g/mol. The summed E-state index contributed by atoms with van der Waals surface area (Å²) in [6, 6.07) is 7.52. The van der Waals surface area contributed by atoms with Gasteiger partial charge in [0.1, 0.15) is 18.5 Å². The molecule has 1 aliphatic carbocycles. The van der Waals surface area contributed by atoms with Crippen LogP contribution in [0.2, 0.25) is 0 Å². The van der Waals surface area contributed by atoms with Crippen LogP contribution in [-0.2, 0) is 0 Å². The molecule has 1 aliphatic heterocycles. The second-order valence-corrected chi connectivity index (χ2v) is 10.1. The van der Waals surface area contributed by atoms with Crippen LogP contribution in [0.3, 0.4) is 0 Å². The lowest BCUT2D eigenvalue weighted by molar-refractivity contribution is 0.284. The fourth-order valence-electron chi connectivity index (χ4n) is 5.58. The predicted octanol–water partition coefficient (Wildman–Crippen LogP) is 3.30. The molecular formula is C29H30N12. The van der Waals surface area contributed by atoms with Gasteiger partial charge in [-0.25, -0.2) is 19.9 Å². The molecule has 0 radical (unpaired) electrons. The zero-order valence-corrected chi connectivity index (χ0v) is 22.5. The molecule has 7 rings (SSSR count). The highest BCUT2D eigenvalue weighted by atomic mass is 15.4. The lowest BCUT2D eigenvalue weighted by Gasteiger charge is -2.32. The third kappa shape index (κ3) is 4.84.